The zero-order chi connectivity index (χ0) is 15.2. The minimum atomic E-state index is -0.840. The van der Waals surface area contributed by atoms with Gasteiger partial charge in [-0.15, -0.1) is 0 Å². The van der Waals surface area contributed by atoms with Gasteiger partial charge in [-0.1, -0.05) is 18.2 Å². The molecule has 0 radical (unpaired) electrons. The van der Waals surface area contributed by atoms with Gasteiger partial charge in [-0.05, 0) is 35.4 Å². The second kappa shape index (κ2) is 6.95. The third-order valence-corrected chi connectivity index (χ3v) is 2.92. The van der Waals surface area contributed by atoms with E-state index in [9.17, 15) is 13.6 Å². The molecule has 0 bridgehead atoms. The number of nitrogens with one attached hydrogen (secondary N) is 2. The van der Waals surface area contributed by atoms with Gasteiger partial charge in [-0.25, -0.2) is 8.78 Å². The summed E-state index contributed by atoms with van der Waals surface area (Å²) in [7, 11) is 0. The first kappa shape index (κ1) is 15.1. The first-order valence-electron chi connectivity index (χ1n) is 6.56. The highest BCUT2D eigenvalue weighted by atomic mass is 19.2. The first-order chi connectivity index (χ1) is 10.0. The van der Waals surface area contributed by atoms with Gasteiger partial charge in [0.05, 0.1) is 0 Å². The normalized spacial score (nSPS) is 10.4. The number of amides is 1. The van der Waals surface area contributed by atoms with E-state index in [4.69, 9.17) is 0 Å². The zero-order valence-electron chi connectivity index (χ0n) is 11.6. The van der Waals surface area contributed by atoms with Gasteiger partial charge < -0.3 is 10.6 Å². The summed E-state index contributed by atoms with van der Waals surface area (Å²) in [6.45, 7) is 2.50. The first-order valence-corrected chi connectivity index (χ1v) is 6.56. The highest BCUT2D eigenvalue weighted by Gasteiger charge is 2.02. The summed E-state index contributed by atoms with van der Waals surface area (Å²) in [5.74, 6) is -1.79. The van der Waals surface area contributed by atoms with Crippen molar-refractivity contribution in [2.24, 2.45) is 0 Å². The maximum absolute atomic E-state index is 13.0. The van der Waals surface area contributed by atoms with E-state index in [-0.39, 0.29) is 5.91 Å². The highest BCUT2D eigenvalue weighted by molar-refractivity contribution is 5.88. The van der Waals surface area contributed by atoms with Crippen LogP contribution in [0.2, 0.25) is 0 Å². The van der Waals surface area contributed by atoms with Gasteiger partial charge in [0.2, 0.25) is 5.91 Å². The fourth-order valence-corrected chi connectivity index (χ4v) is 1.91. The molecule has 0 fully saturated rings. The summed E-state index contributed by atoms with van der Waals surface area (Å²) < 4.78 is 25.8. The maximum Gasteiger partial charge on any atom is 0.221 e. The molecule has 2 N–H and O–H groups in total. The number of benzene rings is 2. The third-order valence-electron chi connectivity index (χ3n) is 2.92. The molecule has 0 aliphatic carbocycles. The Hall–Kier alpha value is -2.27. The lowest BCUT2D eigenvalue weighted by Crippen LogP contribution is -2.13. The highest BCUT2D eigenvalue weighted by Crippen LogP contribution is 2.11. The summed E-state index contributed by atoms with van der Waals surface area (Å²) in [6.07, 6.45) is 0. The molecule has 2 rings (SSSR count). The predicted molar refractivity (Wildman–Crippen MR) is 77.6 cm³/mol. The van der Waals surface area contributed by atoms with Gasteiger partial charge in [0.1, 0.15) is 0 Å². The van der Waals surface area contributed by atoms with Crippen LogP contribution in [0.15, 0.2) is 42.5 Å². The van der Waals surface area contributed by atoms with Crippen LogP contribution in [0.3, 0.4) is 0 Å². The molecule has 3 nitrogen and oxygen atoms in total. The van der Waals surface area contributed by atoms with E-state index in [1.807, 2.05) is 24.3 Å². The largest absolute Gasteiger partial charge is 0.326 e. The molecule has 0 unspecified atom stereocenters. The fraction of sp³-hybridized carbons (Fsp3) is 0.188. The van der Waals surface area contributed by atoms with Crippen LogP contribution in [-0.4, -0.2) is 5.91 Å². The Morgan fingerprint density at radius 1 is 0.952 bits per heavy atom. The van der Waals surface area contributed by atoms with Gasteiger partial charge in [0, 0.05) is 25.7 Å². The van der Waals surface area contributed by atoms with Gasteiger partial charge in [-0.2, -0.15) is 0 Å². The molecular formula is C16H16F2N2O. The average Bonchev–Trinajstić information content (AvgIpc) is 2.44. The lowest BCUT2D eigenvalue weighted by molar-refractivity contribution is -0.114. The number of hydrogen-bond donors (Lipinski definition) is 2. The van der Waals surface area contributed by atoms with E-state index in [1.165, 1.54) is 13.0 Å². The average molecular weight is 290 g/mol. The number of anilines is 1. The van der Waals surface area contributed by atoms with Gasteiger partial charge in [-0.3, -0.25) is 4.79 Å². The number of carbonyl (C=O) groups excluding carboxylic acids is 1. The molecule has 0 saturated carbocycles. The second-order valence-electron chi connectivity index (χ2n) is 4.73. The topological polar surface area (TPSA) is 41.1 Å². The molecule has 0 aromatic heterocycles. The molecule has 0 spiro atoms. The minimum Gasteiger partial charge on any atom is -0.326 e. The fourth-order valence-electron chi connectivity index (χ4n) is 1.91. The summed E-state index contributed by atoms with van der Waals surface area (Å²) in [6, 6.07) is 11.3. The van der Waals surface area contributed by atoms with Gasteiger partial charge in [0.25, 0.3) is 0 Å². The molecule has 5 heteroatoms. The van der Waals surface area contributed by atoms with Crippen molar-refractivity contribution in [3.05, 3.63) is 65.2 Å². The van der Waals surface area contributed by atoms with Gasteiger partial charge >= 0.3 is 0 Å². The zero-order valence-corrected chi connectivity index (χ0v) is 11.6. The van der Waals surface area contributed by atoms with Crippen LogP contribution in [-0.2, 0) is 17.9 Å². The predicted octanol–water partition coefficient (Wildman–Crippen LogP) is 3.21. The van der Waals surface area contributed by atoms with Crippen LogP contribution < -0.4 is 10.6 Å². The molecule has 21 heavy (non-hydrogen) atoms. The van der Waals surface area contributed by atoms with Crippen LogP contribution in [0.1, 0.15) is 18.1 Å². The lowest BCUT2D eigenvalue weighted by Gasteiger charge is -2.07. The minimum absolute atomic E-state index is 0.112. The second-order valence-corrected chi connectivity index (χ2v) is 4.73. The van der Waals surface area contributed by atoms with Crippen LogP contribution in [0.4, 0.5) is 14.5 Å². The molecule has 2 aromatic rings. The van der Waals surface area contributed by atoms with Crippen molar-refractivity contribution in [2.75, 3.05) is 5.32 Å². The summed E-state index contributed by atoms with van der Waals surface area (Å²) in [4.78, 5) is 10.9. The van der Waals surface area contributed by atoms with E-state index in [0.29, 0.717) is 18.7 Å². The van der Waals surface area contributed by atoms with Crippen molar-refractivity contribution in [3.8, 4) is 0 Å². The molecule has 1 amide bonds. The van der Waals surface area contributed by atoms with Crippen LogP contribution in [0, 0.1) is 11.6 Å². The van der Waals surface area contributed by atoms with Gasteiger partial charge in [0.15, 0.2) is 11.6 Å². The smallest absolute Gasteiger partial charge is 0.221 e. The van der Waals surface area contributed by atoms with Crippen molar-refractivity contribution >= 4 is 11.6 Å². The Bertz CT molecular complexity index is 627. The number of hydrogen-bond acceptors (Lipinski definition) is 2. The molecule has 0 heterocycles. The monoisotopic (exact) mass is 290 g/mol. The summed E-state index contributed by atoms with van der Waals surface area (Å²) in [5, 5.41) is 5.84. The van der Waals surface area contributed by atoms with Crippen molar-refractivity contribution in [1.82, 2.24) is 5.32 Å². The Morgan fingerprint density at radius 3 is 2.19 bits per heavy atom. The quantitative estimate of drug-likeness (QED) is 0.887. The molecular weight excluding hydrogens is 274 g/mol. The third kappa shape index (κ3) is 4.65. The van der Waals surface area contributed by atoms with Crippen LogP contribution >= 0.6 is 0 Å². The Balaban J connectivity index is 1.85. The molecule has 0 aliphatic rings. The van der Waals surface area contributed by atoms with E-state index < -0.39 is 11.6 Å². The van der Waals surface area contributed by atoms with Crippen LogP contribution in [0.25, 0.3) is 0 Å². The molecule has 110 valence electrons. The van der Waals surface area contributed by atoms with Crippen molar-refractivity contribution in [2.45, 2.75) is 20.0 Å². The van der Waals surface area contributed by atoms with Crippen molar-refractivity contribution in [3.63, 3.8) is 0 Å². The van der Waals surface area contributed by atoms with E-state index in [1.54, 1.807) is 6.07 Å². The van der Waals surface area contributed by atoms with Crippen molar-refractivity contribution < 1.29 is 13.6 Å². The summed E-state index contributed by atoms with van der Waals surface area (Å²) >= 11 is 0. The SMILES string of the molecule is CC(=O)Nc1ccc(CNCc2ccc(F)c(F)c2)cc1. The van der Waals surface area contributed by atoms with E-state index in [0.717, 1.165) is 17.3 Å². The van der Waals surface area contributed by atoms with E-state index in [2.05, 4.69) is 10.6 Å². The Kier molecular flexibility index (Phi) is 5.00. The summed E-state index contributed by atoms with van der Waals surface area (Å²) in [5.41, 5.74) is 2.46. The standard InChI is InChI=1S/C16H16F2N2O/c1-11(21)20-14-5-2-12(3-6-14)9-19-10-13-4-7-15(17)16(18)8-13/h2-8,19H,9-10H2,1H3,(H,20,21). The number of halogens is 2. The molecule has 2 aromatic carbocycles. The molecule has 0 saturated heterocycles. The number of rotatable bonds is 5. The Morgan fingerprint density at radius 2 is 1.57 bits per heavy atom. The van der Waals surface area contributed by atoms with Crippen molar-refractivity contribution in [1.29, 1.82) is 0 Å². The van der Waals surface area contributed by atoms with E-state index >= 15 is 0 Å². The Labute approximate surface area is 122 Å². The van der Waals surface area contributed by atoms with Crippen LogP contribution in [0.5, 0.6) is 0 Å². The number of carbonyl (C=O) groups is 1. The molecule has 0 atom stereocenters. The maximum atomic E-state index is 13.0. The molecule has 0 aliphatic heterocycles. The lowest BCUT2D eigenvalue weighted by atomic mass is 10.2.